The highest BCUT2D eigenvalue weighted by Crippen LogP contribution is 2.39. The molecule has 0 atom stereocenters. The molecule has 1 aliphatic carbocycles. The first kappa shape index (κ1) is 17.6. The molecule has 1 saturated carbocycles. The Labute approximate surface area is 158 Å². The third-order valence-electron chi connectivity index (χ3n) is 5.24. The second-order valence-electron chi connectivity index (χ2n) is 7.19. The van der Waals surface area contributed by atoms with E-state index in [1.807, 2.05) is 35.2 Å². The summed E-state index contributed by atoms with van der Waals surface area (Å²) in [5.41, 5.74) is 2.55. The summed E-state index contributed by atoms with van der Waals surface area (Å²) >= 11 is 0. The first-order valence-electron chi connectivity index (χ1n) is 9.39. The van der Waals surface area contributed by atoms with Crippen molar-refractivity contribution in [1.82, 2.24) is 20.0 Å². The number of aromatic nitrogens is 2. The number of carbonyl (C=O) groups is 2. The fraction of sp³-hybridized carbons (Fsp3) is 0.450. The van der Waals surface area contributed by atoms with Crippen molar-refractivity contribution in [3.8, 4) is 5.75 Å². The van der Waals surface area contributed by atoms with Gasteiger partial charge >= 0.3 is 0 Å². The number of methoxy groups -OCH3 is 1. The Morgan fingerprint density at radius 3 is 2.70 bits per heavy atom. The van der Waals surface area contributed by atoms with E-state index in [4.69, 9.17) is 4.74 Å². The van der Waals surface area contributed by atoms with Crippen molar-refractivity contribution in [2.24, 2.45) is 0 Å². The fourth-order valence-electron chi connectivity index (χ4n) is 3.40. The van der Waals surface area contributed by atoms with E-state index < -0.39 is 0 Å². The zero-order chi connectivity index (χ0) is 18.8. The molecule has 2 heterocycles. The van der Waals surface area contributed by atoms with Crippen LogP contribution in [0.25, 0.3) is 0 Å². The Morgan fingerprint density at radius 1 is 1.22 bits per heavy atom. The summed E-state index contributed by atoms with van der Waals surface area (Å²) in [5, 5.41) is 7.16. The Hall–Kier alpha value is -2.83. The van der Waals surface area contributed by atoms with Crippen LogP contribution in [0.3, 0.4) is 0 Å². The van der Waals surface area contributed by atoms with Gasteiger partial charge in [0, 0.05) is 44.2 Å². The van der Waals surface area contributed by atoms with Crippen LogP contribution >= 0.6 is 0 Å². The van der Waals surface area contributed by atoms with Gasteiger partial charge in [-0.1, -0.05) is 12.1 Å². The topological polar surface area (TPSA) is 78.5 Å². The second kappa shape index (κ2) is 7.42. The first-order chi connectivity index (χ1) is 13.1. The lowest BCUT2D eigenvalue weighted by Crippen LogP contribution is -2.35. The average Bonchev–Trinajstić information content (AvgIpc) is 3.46. The summed E-state index contributed by atoms with van der Waals surface area (Å²) in [4.78, 5) is 28.8. The molecule has 7 nitrogen and oxygen atoms in total. The van der Waals surface area contributed by atoms with Crippen molar-refractivity contribution in [3.05, 3.63) is 47.3 Å². The van der Waals surface area contributed by atoms with Gasteiger partial charge in [-0.2, -0.15) is 5.10 Å². The van der Waals surface area contributed by atoms with Gasteiger partial charge in [-0.25, -0.2) is 0 Å². The highest BCUT2D eigenvalue weighted by Gasteiger charge is 2.29. The fourth-order valence-corrected chi connectivity index (χ4v) is 3.40. The van der Waals surface area contributed by atoms with E-state index in [9.17, 15) is 9.59 Å². The van der Waals surface area contributed by atoms with Gasteiger partial charge in [-0.05, 0) is 36.6 Å². The maximum absolute atomic E-state index is 12.8. The number of rotatable bonds is 5. The quantitative estimate of drug-likeness (QED) is 0.877. The van der Waals surface area contributed by atoms with Gasteiger partial charge in [0.15, 0.2) is 0 Å². The molecule has 0 bridgehead atoms. The van der Waals surface area contributed by atoms with Crippen molar-refractivity contribution in [2.45, 2.75) is 31.7 Å². The Bertz CT molecular complexity index is 826. The van der Waals surface area contributed by atoms with Gasteiger partial charge in [0.05, 0.1) is 7.11 Å². The maximum Gasteiger partial charge on any atom is 0.274 e. The van der Waals surface area contributed by atoms with E-state index in [-0.39, 0.29) is 11.8 Å². The van der Waals surface area contributed by atoms with Crippen molar-refractivity contribution in [2.75, 3.05) is 26.7 Å². The lowest BCUT2D eigenvalue weighted by atomic mass is 10.2. The molecule has 7 heteroatoms. The molecule has 0 unspecified atom stereocenters. The Kier molecular flexibility index (Phi) is 4.83. The predicted octanol–water partition coefficient (Wildman–Crippen LogP) is 2.17. The van der Waals surface area contributed by atoms with Crippen LogP contribution in [0.4, 0.5) is 0 Å². The van der Waals surface area contributed by atoms with Crippen molar-refractivity contribution < 1.29 is 14.3 Å². The summed E-state index contributed by atoms with van der Waals surface area (Å²) in [6.45, 7) is 2.02. The zero-order valence-electron chi connectivity index (χ0n) is 15.5. The van der Waals surface area contributed by atoms with Crippen LogP contribution < -0.4 is 4.74 Å². The average molecular weight is 368 g/mol. The number of ether oxygens (including phenoxy) is 1. The summed E-state index contributed by atoms with van der Waals surface area (Å²) < 4.78 is 5.17. The van der Waals surface area contributed by atoms with Crippen molar-refractivity contribution in [3.63, 3.8) is 0 Å². The first-order valence-corrected chi connectivity index (χ1v) is 9.39. The Balaban J connectivity index is 1.38. The van der Waals surface area contributed by atoms with Crippen LogP contribution in [-0.2, 0) is 11.3 Å². The van der Waals surface area contributed by atoms with E-state index in [0.29, 0.717) is 44.2 Å². The van der Waals surface area contributed by atoms with Crippen LogP contribution in [0.5, 0.6) is 5.75 Å². The molecule has 2 aromatic rings. The van der Waals surface area contributed by atoms with Gasteiger partial charge in [0.1, 0.15) is 11.4 Å². The monoisotopic (exact) mass is 368 g/mol. The van der Waals surface area contributed by atoms with E-state index in [0.717, 1.165) is 29.8 Å². The van der Waals surface area contributed by atoms with E-state index in [2.05, 4.69) is 10.2 Å². The molecule has 2 amide bonds. The molecule has 1 aromatic heterocycles. The van der Waals surface area contributed by atoms with Crippen LogP contribution in [0, 0.1) is 0 Å². The maximum atomic E-state index is 12.8. The SMILES string of the molecule is COc1ccc(CN2CCN(C(=O)c3cc(C4CC4)[nH]n3)CCC2=O)cc1. The minimum Gasteiger partial charge on any atom is -0.497 e. The molecule has 1 aromatic carbocycles. The molecule has 27 heavy (non-hydrogen) atoms. The van der Waals surface area contributed by atoms with Gasteiger partial charge in [0.2, 0.25) is 5.91 Å². The predicted molar refractivity (Wildman–Crippen MR) is 99.5 cm³/mol. The number of aromatic amines is 1. The number of hydrogen-bond donors (Lipinski definition) is 1. The van der Waals surface area contributed by atoms with Crippen LogP contribution in [0.15, 0.2) is 30.3 Å². The summed E-state index contributed by atoms with van der Waals surface area (Å²) in [5.74, 6) is 1.30. The van der Waals surface area contributed by atoms with Gasteiger partial charge in [0.25, 0.3) is 5.91 Å². The zero-order valence-corrected chi connectivity index (χ0v) is 15.5. The van der Waals surface area contributed by atoms with Crippen LogP contribution in [0.1, 0.15) is 46.9 Å². The normalized spacial score (nSPS) is 17.7. The minimum atomic E-state index is -0.0998. The van der Waals surface area contributed by atoms with Crippen molar-refractivity contribution in [1.29, 1.82) is 0 Å². The molecule has 2 aliphatic rings. The molecule has 0 spiro atoms. The molecule has 2 fully saturated rings. The number of H-pyrrole nitrogens is 1. The number of nitrogens with one attached hydrogen (secondary N) is 1. The van der Waals surface area contributed by atoms with Gasteiger partial charge in [-0.15, -0.1) is 0 Å². The number of carbonyl (C=O) groups excluding carboxylic acids is 2. The lowest BCUT2D eigenvalue weighted by molar-refractivity contribution is -0.130. The molecular weight excluding hydrogens is 344 g/mol. The molecule has 4 rings (SSSR count). The van der Waals surface area contributed by atoms with E-state index in [1.165, 1.54) is 0 Å². The van der Waals surface area contributed by atoms with Crippen LogP contribution in [0.2, 0.25) is 0 Å². The molecule has 1 saturated heterocycles. The number of benzene rings is 1. The molecular formula is C20H24N4O3. The van der Waals surface area contributed by atoms with Gasteiger partial charge in [-0.3, -0.25) is 14.7 Å². The molecule has 1 N–H and O–H groups in total. The number of nitrogens with zero attached hydrogens (tertiary/aromatic N) is 3. The second-order valence-corrected chi connectivity index (χ2v) is 7.19. The lowest BCUT2D eigenvalue weighted by Gasteiger charge is -2.22. The third kappa shape index (κ3) is 3.97. The smallest absolute Gasteiger partial charge is 0.274 e. The minimum absolute atomic E-state index is 0.0711. The Morgan fingerprint density at radius 2 is 2.00 bits per heavy atom. The highest BCUT2D eigenvalue weighted by molar-refractivity contribution is 5.93. The molecule has 142 valence electrons. The van der Waals surface area contributed by atoms with Crippen molar-refractivity contribution >= 4 is 11.8 Å². The molecule has 0 radical (unpaired) electrons. The third-order valence-corrected chi connectivity index (χ3v) is 5.24. The standard InChI is InChI=1S/C20H24N4O3/c1-27-16-6-2-14(3-7-16)13-24-11-10-23(9-8-19(24)25)20(26)18-12-17(21-22-18)15-4-5-15/h2-3,6-7,12,15H,4-5,8-11,13H2,1H3,(H,21,22). The summed E-state index contributed by atoms with van der Waals surface area (Å²) in [6, 6.07) is 9.57. The number of amides is 2. The van der Waals surface area contributed by atoms with Crippen LogP contribution in [-0.4, -0.2) is 58.6 Å². The molecule has 1 aliphatic heterocycles. The van der Waals surface area contributed by atoms with E-state index >= 15 is 0 Å². The summed E-state index contributed by atoms with van der Waals surface area (Å²) in [6.07, 6.45) is 2.66. The van der Waals surface area contributed by atoms with E-state index in [1.54, 1.807) is 12.0 Å². The highest BCUT2D eigenvalue weighted by atomic mass is 16.5. The summed E-state index contributed by atoms with van der Waals surface area (Å²) in [7, 11) is 1.63. The van der Waals surface area contributed by atoms with Gasteiger partial charge < -0.3 is 14.5 Å². The number of hydrogen-bond acceptors (Lipinski definition) is 4. The largest absolute Gasteiger partial charge is 0.497 e.